The normalized spacial score (nSPS) is 11.5. The van der Waals surface area contributed by atoms with Crippen molar-refractivity contribution < 1.29 is 8.42 Å². The number of sulfone groups is 1. The Bertz CT molecular complexity index is 639. The van der Waals surface area contributed by atoms with E-state index in [-0.39, 0.29) is 0 Å². The van der Waals surface area contributed by atoms with Crippen molar-refractivity contribution in [3.05, 3.63) is 48.8 Å². The van der Waals surface area contributed by atoms with Gasteiger partial charge in [0.05, 0.1) is 21.6 Å². The predicted molar refractivity (Wildman–Crippen MR) is 107 cm³/mol. The largest absolute Gasteiger partial charge is 0.250 e. The number of rotatable bonds is 12. The van der Waals surface area contributed by atoms with Crippen LogP contribution in [-0.2, 0) is 9.84 Å². The summed E-state index contributed by atoms with van der Waals surface area (Å²) in [5.74, 6) is 2.41. The van der Waals surface area contributed by atoms with Crippen molar-refractivity contribution >= 4 is 33.4 Å². The van der Waals surface area contributed by atoms with Gasteiger partial charge in [0.1, 0.15) is 9.84 Å². The molecule has 25 heavy (non-hydrogen) atoms. The number of nitrogens with zero attached hydrogens (tertiary/aromatic N) is 2. The molecule has 0 aliphatic carbocycles. The van der Waals surface area contributed by atoms with Crippen molar-refractivity contribution in [2.45, 2.75) is 35.7 Å². The highest BCUT2D eigenvalue weighted by molar-refractivity contribution is 7.99. The van der Waals surface area contributed by atoms with Crippen LogP contribution in [0.3, 0.4) is 0 Å². The molecule has 0 aliphatic rings. The molecule has 0 radical (unpaired) electrons. The van der Waals surface area contributed by atoms with E-state index in [2.05, 4.69) is 9.97 Å². The Labute approximate surface area is 159 Å². The van der Waals surface area contributed by atoms with E-state index < -0.39 is 9.84 Å². The van der Waals surface area contributed by atoms with Crippen molar-refractivity contribution in [2.75, 3.05) is 23.0 Å². The van der Waals surface area contributed by atoms with E-state index in [9.17, 15) is 8.42 Å². The topological polar surface area (TPSA) is 59.9 Å². The van der Waals surface area contributed by atoms with E-state index in [1.54, 1.807) is 35.9 Å². The molecular weight excluding hydrogens is 372 g/mol. The molecule has 0 bridgehead atoms. The Balaban J connectivity index is 1.51. The summed E-state index contributed by atoms with van der Waals surface area (Å²) in [7, 11) is -2.92. The van der Waals surface area contributed by atoms with Crippen LogP contribution >= 0.6 is 23.5 Å². The van der Waals surface area contributed by atoms with Crippen LogP contribution in [0.5, 0.6) is 0 Å². The lowest BCUT2D eigenvalue weighted by molar-refractivity contribution is 0.589. The van der Waals surface area contributed by atoms with Crippen LogP contribution in [0, 0.1) is 0 Å². The molecule has 4 nitrogen and oxygen atoms in total. The number of hydrogen-bond acceptors (Lipinski definition) is 6. The van der Waals surface area contributed by atoms with Gasteiger partial charge in [-0.25, -0.2) is 18.4 Å². The lowest BCUT2D eigenvalue weighted by atomic mass is 10.4. The van der Waals surface area contributed by atoms with E-state index in [0.29, 0.717) is 11.5 Å². The Morgan fingerprint density at radius 3 is 1.60 bits per heavy atom. The summed E-state index contributed by atoms with van der Waals surface area (Å²) < 4.78 is 24.1. The molecule has 0 aromatic carbocycles. The van der Waals surface area contributed by atoms with Gasteiger partial charge in [-0.3, -0.25) is 0 Å². The predicted octanol–water partition coefficient (Wildman–Crippen LogP) is 4.34. The van der Waals surface area contributed by atoms with E-state index in [4.69, 9.17) is 0 Å². The number of pyridine rings is 2. The molecule has 0 amide bonds. The molecule has 2 aromatic rings. The summed E-state index contributed by atoms with van der Waals surface area (Å²) in [6, 6.07) is 11.7. The van der Waals surface area contributed by atoms with Crippen molar-refractivity contribution in [1.82, 2.24) is 9.97 Å². The standard InChI is InChI=1S/C18H24N2O2S3/c21-25(22,15-7-5-13-23-17-9-1-3-11-19-17)16-8-6-14-24-18-10-2-4-12-20-18/h1-4,9-12H,5-8,13-16H2. The maximum atomic E-state index is 12.1. The second-order valence-electron chi connectivity index (χ2n) is 5.60. The SMILES string of the molecule is O=S(=O)(CCCCSc1ccccn1)CCCCSc1ccccn1. The highest BCUT2D eigenvalue weighted by atomic mass is 32.2. The third kappa shape index (κ3) is 9.28. The van der Waals surface area contributed by atoms with Gasteiger partial charge >= 0.3 is 0 Å². The smallest absolute Gasteiger partial charge is 0.150 e. The number of aromatic nitrogens is 2. The second-order valence-corrected chi connectivity index (χ2v) is 10.1. The fourth-order valence-corrected chi connectivity index (χ4v) is 5.40. The molecular formula is C18H24N2O2S3. The summed E-state index contributed by atoms with van der Waals surface area (Å²) in [6.07, 6.45) is 6.81. The second kappa shape index (κ2) is 11.5. The average Bonchev–Trinajstić information content (AvgIpc) is 2.63. The maximum absolute atomic E-state index is 12.1. The molecule has 0 N–H and O–H groups in total. The monoisotopic (exact) mass is 396 g/mol. The van der Waals surface area contributed by atoms with Gasteiger partial charge < -0.3 is 0 Å². The zero-order valence-electron chi connectivity index (χ0n) is 14.2. The highest BCUT2D eigenvalue weighted by Gasteiger charge is 2.10. The first-order chi connectivity index (χ1) is 12.2. The highest BCUT2D eigenvalue weighted by Crippen LogP contribution is 2.17. The molecule has 2 heterocycles. The molecule has 0 spiro atoms. The van der Waals surface area contributed by atoms with Gasteiger partial charge in [-0.05, 0) is 61.5 Å². The van der Waals surface area contributed by atoms with Gasteiger partial charge in [0, 0.05) is 12.4 Å². The summed E-state index contributed by atoms with van der Waals surface area (Å²) >= 11 is 3.36. The van der Waals surface area contributed by atoms with Crippen LogP contribution in [0.1, 0.15) is 25.7 Å². The third-order valence-electron chi connectivity index (χ3n) is 3.47. The quantitative estimate of drug-likeness (QED) is 0.393. The van der Waals surface area contributed by atoms with Crippen LogP contribution in [0.2, 0.25) is 0 Å². The van der Waals surface area contributed by atoms with Crippen molar-refractivity contribution in [3.8, 4) is 0 Å². The van der Waals surface area contributed by atoms with Crippen LogP contribution < -0.4 is 0 Å². The van der Waals surface area contributed by atoms with Gasteiger partial charge in [0.15, 0.2) is 0 Å². The van der Waals surface area contributed by atoms with Gasteiger partial charge in [-0.2, -0.15) is 0 Å². The molecule has 7 heteroatoms. The lowest BCUT2D eigenvalue weighted by Gasteiger charge is -2.05. The molecule has 0 fully saturated rings. The zero-order valence-corrected chi connectivity index (χ0v) is 16.7. The third-order valence-corrected chi connectivity index (χ3v) is 7.36. The van der Waals surface area contributed by atoms with Gasteiger partial charge in [-0.1, -0.05) is 12.1 Å². The Kier molecular flexibility index (Phi) is 9.36. The first-order valence-corrected chi connectivity index (χ1v) is 12.2. The first kappa shape index (κ1) is 20.3. The van der Waals surface area contributed by atoms with Crippen LogP contribution in [0.15, 0.2) is 58.8 Å². The Hall–Kier alpha value is -1.05. The molecule has 0 atom stereocenters. The minimum atomic E-state index is -2.92. The molecule has 2 rings (SSSR count). The van der Waals surface area contributed by atoms with Crippen LogP contribution in [-0.4, -0.2) is 41.4 Å². The number of unbranched alkanes of at least 4 members (excludes halogenated alkanes) is 2. The van der Waals surface area contributed by atoms with Crippen LogP contribution in [0.4, 0.5) is 0 Å². The summed E-state index contributed by atoms with van der Waals surface area (Å²) in [4.78, 5) is 8.49. The van der Waals surface area contributed by atoms with E-state index in [1.807, 2.05) is 36.4 Å². The Morgan fingerprint density at radius 2 is 1.20 bits per heavy atom. The van der Waals surface area contributed by atoms with Crippen LogP contribution in [0.25, 0.3) is 0 Å². The maximum Gasteiger partial charge on any atom is 0.150 e. The molecule has 136 valence electrons. The summed E-state index contributed by atoms with van der Waals surface area (Å²) in [5, 5.41) is 1.99. The van der Waals surface area contributed by atoms with Gasteiger partial charge in [0.25, 0.3) is 0 Å². The number of hydrogen-bond donors (Lipinski definition) is 0. The molecule has 0 unspecified atom stereocenters. The van der Waals surface area contributed by atoms with Gasteiger partial charge in [-0.15, -0.1) is 23.5 Å². The first-order valence-electron chi connectivity index (χ1n) is 8.44. The van der Waals surface area contributed by atoms with Crippen molar-refractivity contribution in [3.63, 3.8) is 0 Å². The fraction of sp³-hybridized carbons (Fsp3) is 0.444. The Morgan fingerprint density at radius 1 is 0.720 bits per heavy atom. The van der Waals surface area contributed by atoms with Crippen molar-refractivity contribution in [2.24, 2.45) is 0 Å². The average molecular weight is 397 g/mol. The van der Waals surface area contributed by atoms with Gasteiger partial charge in [0.2, 0.25) is 0 Å². The minimum absolute atomic E-state index is 0.295. The molecule has 0 saturated carbocycles. The molecule has 2 aromatic heterocycles. The zero-order chi connectivity index (χ0) is 17.8. The minimum Gasteiger partial charge on any atom is -0.250 e. The summed E-state index contributed by atoms with van der Waals surface area (Å²) in [5.41, 5.74) is 0. The fourth-order valence-electron chi connectivity index (χ4n) is 2.17. The number of thioether (sulfide) groups is 2. The van der Waals surface area contributed by atoms with E-state index >= 15 is 0 Å². The lowest BCUT2D eigenvalue weighted by Crippen LogP contribution is -2.11. The van der Waals surface area contributed by atoms with Crippen molar-refractivity contribution in [1.29, 1.82) is 0 Å². The van der Waals surface area contributed by atoms with E-state index in [0.717, 1.165) is 47.2 Å². The molecule has 0 aliphatic heterocycles. The molecule has 0 saturated heterocycles. The summed E-state index contributed by atoms with van der Waals surface area (Å²) in [6.45, 7) is 0. The van der Waals surface area contributed by atoms with E-state index in [1.165, 1.54) is 0 Å².